The molecule has 0 radical (unpaired) electrons. The summed E-state index contributed by atoms with van der Waals surface area (Å²) in [5, 5.41) is 23.9. The maximum atomic E-state index is 13.2. The third-order valence-electron chi connectivity index (χ3n) is 12.4. The van der Waals surface area contributed by atoms with Crippen molar-refractivity contribution in [1.82, 2.24) is 5.32 Å². The summed E-state index contributed by atoms with van der Waals surface area (Å²) in [6.07, 6.45) is 64.2. The van der Waals surface area contributed by atoms with Gasteiger partial charge < -0.3 is 20.3 Å². The summed E-state index contributed by atoms with van der Waals surface area (Å²) < 4.78 is 5.93. The van der Waals surface area contributed by atoms with E-state index in [1.165, 1.54) is 135 Å². The number of unbranched alkanes of at least 4 members (excludes halogenated alkanes) is 30. The molecule has 3 atom stereocenters. The van der Waals surface area contributed by atoms with Crippen molar-refractivity contribution in [3.8, 4) is 0 Å². The zero-order valence-electron chi connectivity index (χ0n) is 42.4. The average molecular weight is 896 g/mol. The fraction of sp³-hybridized carbons (Fsp3) is 0.793. The molecule has 0 heterocycles. The highest BCUT2D eigenvalue weighted by atomic mass is 16.5. The number of amides is 1. The van der Waals surface area contributed by atoms with E-state index in [9.17, 15) is 19.8 Å². The van der Waals surface area contributed by atoms with Crippen LogP contribution in [0.5, 0.6) is 0 Å². The second-order valence-corrected chi connectivity index (χ2v) is 18.7. The second kappa shape index (κ2) is 51.5. The van der Waals surface area contributed by atoms with E-state index in [1.54, 1.807) is 0 Å². The van der Waals surface area contributed by atoms with Gasteiger partial charge in [-0.3, -0.25) is 9.59 Å². The highest BCUT2D eigenvalue weighted by Gasteiger charge is 2.24. The third-order valence-corrected chi connectivity index (χ3v) is 12.4. The number of hydrogen-bond donors (Lipinski definition) is 3. The standard InChI is InChI=1S/C58H105NO5/c1-4-7-10-13-16-19-22-25-27-28-30-32-35-38-41-44-47-50-56(61)55(53-60)59-57(62)52-54(49-46-43-40-37-34-31-24-21-18-15-12-9-6-3)64-58(63)51-48-45-42-39-36-33-29-26-23-20-17-14-11-8-5-2/h8,11,14,17-18,20-21,23-24,31,54-56,60-61H,4-7,9-10,12-13,15-16,19,22,25-30,32-53H2,1-3H3,(H,59,62)/b11-8+,17-14+,21-18+,23-20+,31-24+. The molecule has 6 nitrogen and oxygen atoms in total. The van der Waals surface area contributed by atoms with Crippen molar-refractivity contribution >= 4 is 11.9 Å². The normalized spacial score (nSPS) is 13.6. The van der Waals surface area contributed by atoms with E-state index in [2.05, 4.69) is 86.8 Å². The highest BCUT2D eigenvalue weighted by molar-refractivity contribution is 5.77. The summed E-state index contributed by atoms with van der Waals surface area (Å²) in [6, 6.07) is -0.712. The Morgan fingerprint density at radius 1 is 0.469 bits per heavy atom. The number of carbonyl (C=O) groups excluding carboxylic acids is 2. The van der Waals surface area contributed by atoms with Gasteiger partial charge in [0.05, 0.1) is 25.2 Å². The fourth-order valence-electron chi connectivity index (χ4n) is 8.25. The van der Waals surface area contributed by atoms with Crippen LogP contribution in [0, 0.1) is 0 Å². The van der Waals surface area contributed by atoms with Crippen LogP contribution in [-0.2, 0) is 14.3 Å². The Bertz CT molecular complexity index is 1140. The zero-order chi connectivity index (χ0) is 46.7. The molecule has 0 aromatic rings. The van der Waals surface area contributed by atoms with E-state index in [-0.39, 0.29) is 24.9 Å². The molecule has 0 aliphatic heterocycles. The van der Waals surface area contributed by atoms with Crippen LogP contribution >= 0.6 is 0 Å². The molecule has 1 amide bonds. The quantitative estimate of drug-likeness (QED) is 0.0321. The zero-order valence-corrected chi connectivity index (χ0v) is 42.4. The molecule has 3 N–H and O–H groups in total. The Labute approximate surface area is 397 Å². The lowest BCUT2D eigenvalue weighted by molar-refractivity contribution is -0.151. The lowest BCUT2D eigenvalue weighted by Crippen LogP contribution is -2.46. The largest absolute Gasteiger partial charge is 0.462 e. The van der Waals surface area contributed by atoms with Crippen molar-refractivity contribution in [1.29, 1.82) is 0 Å². The summed E-state index contributed by atoms with van der Waals surface area (Å²) in [6.45, 7) is 6.33. The van der Waals surface area contributed by atoms with Gasteiger partial charge in [0.25, 0.3) is 0 Å². The Morgan fingerprint density at radius 2 is 0.844 bits per heavy atom. The van der Waals surface area contributed by atoms with E-state index in [4.69, 9.17) is 4.74 Å². The van der Waals surface area contributed by atoms with Gasteiger partial charge in [0.15, 0.2) is 0 Å². The molecule has 372 valence electrons. The predicted molar refractivity (Wildman–Crippen MR) is 278 cm³/mol. The molecule has 0 saturated heterocycles. The van der Waals surface area contributed by atoms with Crippen molar-refractivity contribution in [2.45, 2.75) is 289 Å². The van der Waals surface area contributed by atoms with Gasteiger partial charge in [-0.25, -0.2) is 0 Å². The van der Waals surface area contributed by atoms with Crippen molar-refractivity contribution in [3.63, 3.8) is 0 Å². The molecule has 0 aliphatic rings. The Morgan fingerprint density at radius 3 is 1.31 bits per heavy atom. The number of ether oxygens (including phenoxy) is 1. The Hall–Kier alpha value is -2.44. The summed E-state index contributed by atoms with van der Waals surface area (Å²) in [4.78, 5) is 26.2. The van der Waals surface area contributed by atoms with Gasteiger partial charge in [0.2, 0.25) is 5.91 Å². The summed E-state index contributed by atoms with van der Waals surface area (Å²) in [5.74, 6) is -0.503. The SMILES string of the molecule is CC/C=C/C=C/C=C/CCCCCCCCCC(=O)OC(CCCCCC/C=C/C=C/CCCCC)CC(=O)NC(CO)C(O)CCCCCCCCCCCCCCCCCCC. The minimum absolute atomic E-state index is 0.0583. The monoisotopic (exact) mass is 896 g/mol. The molecule has 0 rings (SSSR count). The van der Waals surface area contributed by atoms with Crippen molar-refractivity contribution in [2.75, 3.05) is 6.61 Å². The lowest BCUT2D eigenvalue weighted by atomic mass is 10.0. The Balaban J connectivity index is 4.55. The average Bonchev–Trinajstić information content (AvgIpc) is 3.29. The third kappa shape index (κ3) is 46.1. The van der Waals surface area contributed by atoms with Crippen LogP contribution in [0.2, 0.25) is 0 Å². The maximum absolute atomic E-state index is 13.2. The molecule has 64 heavy (non-hydrogen) atoms. The van der Waals surface area contributed by atoms with Crippen LogP contribution in [0.15, 0.2) is 60.8 Å². The van der Waals surface area contributed by atoms with E-state index < -0.39 is 18.2 Å². The van der Waals surface area contributed by atoms with Crippen LogP contribution in [0.4, 0.5) is 0 Å². The number of hydrogen-bond acceptors (Lipinski definition) is 5. The maximum Gasteiger partial charge on any atom is 0.306 e. The van der Waals surface area contributed by atoms with Gasteiger partial charge in [-0.15, -0.1) is 0 Å². The van der Waals surface area contributed by atoms with E-state index in [0.29, 0.717) is 19.3 Å². The number of esters is 1. The Kier molecular flexibility index (Phi) is 49.6. The molecular formula is C58H105NO5. The molecule has 0 aliphatic carbocycles. The van der Waals surface area contributed by atoms with Gasteiger partial charge in [0, 0.05) is 6.42 Å². The molecule has 0 aromatic heterocycles. The molecule has 0 spiro atoms. The molecule has 0 saturated carbocycles. The minimum atomic E-state index is -0.797. The van der Waals surface area contributed by atoms with Gasteiger partial charge in [-0.2, -0.15) is 0 Å². The van der Waals surface area contributed by atoms with Gasteiger partial charge in [-0.1, -0.05) is 248 Å². The number of allylic oxidation sites excluding steroid dienone is 10. The minimum Gasteiger partial charge on any atom is -0.462 e. The summed E-state index contributed by atoms with van der Waals surface area (Å²) in [5.41, 5.74) is 0. The van der Waals surface area contributed by atoms with Crippen molar-refractivity contribution < 1.29 is 24.5 Å². The molecule has 0 bridgehead atoms. The summed E-state index contributed by atoms with van der Waals surface area (Å²) >= 11 is 0. The van der Waals surface area contributed by atoms with Gasteiger partial charge in [-0.05, 0) is 70.6 Å². The fourth-order valence-corrected chi connectivity index (χ4v) is 8.25. The van der Waals surface area contributed by atoms with Crippen molar-refractivity contribution in [3.05, 3.63) is 60.8 Å². The predicted octanol–water partition coefficient (Wildman–Crippen LogP) is 16.8. The summed E-state index contributed by atoms with van der Waals surface area (Å²) in [7, 11) is 0. The molecule has 3 unspecified atom stereocenters. The van der Waals surface area contributed by atoms with Crippen molar-refractivity contribution in [2.24, 2.45) is 0 Å². The first-order chi connectivity index (χ1) is 31.5. The number of aliphatic hydroxyl groups excluding tert-OH is 2. The van der Waals surface area contributed by atoms with Crippen LogP contribution in [0.3, 0.4) is 0 Å². The highest BCUT2D eigenvalue weighted by Crippen LogP contribution is 2.18. The topological polar surface area (TPSA) is 95.9 Å². The molecular weight excluding hydrogens is 791 g/mol. The van der Waals surface area contributed by atoms with Gasteiger partial charge >= 0.3 is 5.97 Å². The number of aliphatic hydroxyl groups is 2. The van der Waals surface area contributed by atoms with Gasteiger partial charge in [0.1, 0.15) is 6.10 Å². The first-order valence-electron chi connectivity index (χ1n) is 27.6. The van der Waals surface area contributed by atoms with Crippen LogP contribution < -0.4 is 5.32 Å². The second-order valence-electron chi connectivity index (χ2n) is 18.7. The van der Waals surface area contributed by atoms with E-state index >= 15 is 0 Å². The lowest BCUT2D eigenvalue weighted by Gasteiger charge is -2.24. The number of rotatable bonds is 49. The van der Waals surface area contributed by atoms with E-state index in [0.717, 1.165) is 89.9 Å². The van der Waals surface area contributed by atoms with Crippen LogP contribution in [0.25, 0.3) is 0 Å². The molecule has 0 fully saturated rings. The molecule has 0 aromatic carbocycles. The molecule has 6 heteroatoms. The number of nitrogens with one attached hydrogen (secondary N) is 1. The van der Waals surface area contributed by atoms with Crippen LogP contribution in [0.1, 0.15) is 271 Å². The van der Waals surface area contributed by atoms with E-state index in [1.807, 2.05) is 0 Å². The first kappa shape index (κ1) is 61.6. The van der Waals surface area contributed by atoms with Crippen LogP contribution in [-0.4, -0.2) is 46.9 Å². The number of carbonyl (C=O) groups is 2. The first-order valence-corrected chi connectivity index (χ1v) is 27.6. The smallest absolute Gasteiger partial charge is 0.306 e.